The van der Waals surface area contributed by atoms with Gasteiger partial charge in [0.05, 0.1) is 30.2 Å². The summed E-state index contributed by atoms with van der Waals surface area (Å²) in [4.78, 5) is 48.0. The molecule has 1 atom stereocenters. The number of ether oxygens (including phenoxy) is 3. The molecule has 304 valence electrons. The van der Waals surface area contributed by atoms with Gasteiger partial charge in [0.2, 0.25) is 0 Å². The van der Waals surface area contributed by atoms with E-state index in [0.717, 1.165) is 28.0 Å². The van der Waals surface area contributed by atoms with Crippen molar-refractivity contribution in [2.24, 2.45) is 9.98 Å². The van der Waals surface area contributed by atoms with Crippen molar-refractivity contribution in [2.75, 3.05) is 26.8 Å². The molecular formula is C47H54N4O7. The lowest BCUT2D eigenvalue weighted by Crippen LogP contribution is -2.45. The molecule has 1 aromatic heterocycles. The maximum absolute atomic E-state index is 13.0. The Morgan fingerprint density at radius 2 is 1.14 bits per heavy atom. The van der Waals surface area contributed by atoms with Crippen LogP contribution in [0.4, 0.5) is 4.79 Å². The molecule has 0 saturated carbocycles. The van der Waals surface area contributed by atoms with Crippen molar-refractivity contribution in [3.8, 4) is 0 Å². The Morgan fingerprint density at radius 3 is 1.57 bits per heavy atom. The maximum atomic E-state index is 13.0. The van der Waals surface area contributed by atoms with Crippen LogP contribution in [0.15, 0.2) is 142 Å². The van der Waals surface area contributed by atoms with Gasteiger partial charge in [-0.05, 0) is 48.5 Å². The van der Waals surface area contributed by atoms with Gasteiger partial charge in [0.1, 0.15) is 23.6 Å². The first kappa shape index (κ1) is 44.4. The number of aliphatic imine (C=N–C) groups is 2. The van der Waals surface area contributed by atoms with Gasteiger partial charge in [-0.1, -0.05) is 126 Å². The molecule has 0 N–H and O–H groups in total. The summed E-state index contributed by atoms with van der Waals surface area (Å²) in [5, 5.41) is 4.22. The summed E-state index contributed by atoms with van der Waals surface area (Å²) >= 11 is 0. The minimum absolute atomic E-state index is 0.0347. The second-order valence-electron chi connectivity index (χ2n) is 14.7. The quantitative estimate of drug-likeness (QED) is 0.0620. The third-order valence-corrected chi connectivity index (χ3v) is 8.79. The van der Waals surface area contributed by atoms with E-state index in [4.69, 9.17) is 23.7 Å². The van der Waals surface area contributed by atoms with Gasteiger partial charge in [-0.15, -0.1) is 0 Å². The van der Waals surface area contributed by atoms with Crippen LogP contribution < -0.4 is 0 Å². The van der Waals surface area contributed by atoms with Gasteiger partial charge in [-0.25, -0.2) is 9.59 Å². The highest BCUT2D eigenvalue weighted by molar-refractivity contribution is 6.14. The Balaban J connectivity index is 0.000000311. The van der Waals surface area contributed by atoms with E-state index in [1.54, 1.807) is 27.0 Å². The van der Waals surface area contributed by atoms with E-state index in [0.29, 0.717) is 23.8 Å². The van der Waals surface area contributed by atoms with E-state index in [1.165, 1.54) is 4.90 Å². The van der Waals surface area contributed by atoms with Crippen LogP contribution in [-0.2, 0) is 35.8 Å². The Hall–Kier alpha value is -6.36. The zero-order chi connectivity index (χ0) is 42.1. The molecule has 0 fully saturated rings. The van der Waals surface area contributed by atoms with Crippen molar-refractivity contribution >= 4 is 29.5 Å². The minimum atomic E-state index is -0.863. The monoisotopic (exact) mass is 786 g/mol. The van der Waals surface area contributed by atoms with Gasteiger partial charge in [-0.2, -0.15) is 0 Å². The van der Waals surface area contributed by atoms with Crippen LogP contribution in [0.5, 0.6) is 0 Å². The zero-order valence-corrected chi connectivity index (χ0v) is 34.7. The predicted molar refractivity (Wildman–Crippen MR) is 226 cm³/mol. The van der Waals surface area contributed by atoms with Crippen LogP contribution in [0, 0.1) is 0 Å². The fraction of sp³-hybridized carbons (Fsp3) is 0.319. The Labute approximate surface area is 341 Å². The Bertz CT molecular complexity index is 2020. The standard InChI is InChI=1S/C30H37N3O5.C17H17NO2/c1-8-36-27(34)24(31-26(21-15-11-9-12-16-21)22-17-13-10-14-18-22)19-23-20-25(32-38-23)30(5,6)33(7)28(35)37-29(2,3)4;1-2-20-16(19)13-18-17(14-9-5-3-6-10-14)15-11-7-4-8-12-15/h9-18,20,24H,8,19H2,1-7H3;3-12H,2,13H2,1H3. The van der Waals surface area contributed by atoms with Crippen LogP contribution >= 0.6 is 0 Å². The number of amides is 1. The van der Waals surface area contributed by atoms with Crippen molar-refractivity contribution in [1.82, 2.24) is 10.1 Å². The molecule has 5 rings (SSSR count). The highest BCUT2D eigenvalue weighted by Crippen LogP contribution is 2.29. The van der Waals surface area contributed by atoms with Crippen molar-refractivity contribution in [1.29, 1.82) is 0 Å². The number of esters is 2. The summed E-state index contributed by atoms with van der Waals surface area (Å²) in [7, 11) is 1.65. The molecule has 4 aromatic carbocycles. The lowest BCUT2D eigenvalue weighted by Gasteiger charge is -2.35. The number of benzene rings is 4. The van der Waals surface area contributed by atoms with Crippen molar-refractivity contribution < 1.29 is 33.1 Å². The fourth-order valence-corrected chi connectivity index (χ4v) is 5.59. The average molecular weight is 787 g/mol. The van der Waals surface area contributed by atoms with Crippen molar-refractivity contribution in [2.45, 2.75) is 72.1 Å². The molecule has 0 radical (unpaired) electrons. The maximum Gasteiger partial charge on any atom is 0.410 e. The molecule has 5 aromatic rings. The van der Waals surface area contributed by atoms with Crippen LogP contribution in [0.25, 0.3) is 0 Å². The molecule has 11 heteroatoms. The van der Waals surface area contributed by atoms with E-state index in [1.807, 2.05) is 156 Å². The average Bonchev–Trinajstić information content (AvgIpc) is 3.70. The van der Waals surface area contributed by atoms with E-state index in [2.05, 4.69) is 10.1 Å². The minimum Gasteiger partial charge on any atom is -0.465 e. The molecule has 58 heavy (non-hydrogen) atoms. The van der Waals surface area contributed by atoms with Gasteiger partial charge < -0.3 is 23.6 Å². The third kappa shape index (κ3) is 13.1. The molecule has 11 nitrogen and oxygen atoms in total. The Morgan fingerprint density at radius 1 is 0.690 bits per heavy atom. The second kappa shape index (κ2) is 21.2. The summed E-state index contributed by atoms with van der Waals surface area (Å²) in [6.07, 6.45) is -0.335. The number of carbonyl (C=O) groups excluding carboxylic acids is 3. The van der Waals surface area contributed by atoms with Gasteiger partial charge in [0.25, 0.3) is 0 Å². The summed E-state index contributed by atoms with van der Waals surface area (Å²) in [6.45, 7) is 13.3. The molecule has 0 aliphatic rings. The van der Waals surface area contributed by atoms with Gasteiger partial charge in [-0.3, -0.25) is 14.8 Å². The van der Waals surface area contributed by atoms with E-state index >= 15 is 0 Å². The normalized spacial score (nSPS) is 11.5. The van der Waals surface area contributed by atoms with E-state index < -0.39 is 29.2 Å². The fourth-order valence-electron chi connectivity index (χ4n) is 5.59. The third-order valence-electron chi connectivity index (χ3n) is 8.79. The highest BCUT2D eigenvalue weighted by atomic mass is 16.6. The van der Waals surface area contributed by atoms with Crippen LogP contribution in [0.3, 0.4) is 0 Å². The molecule has 0 bridgehead atoms. The molecule has 1 heterocycles. The van der Waals surface area contributed by atoms with Gasteiger partial charge in [0.15, 0.2) is 6.04 Å². The second-order valence-corrected chi connectivity index (χ2v) is 14.7. The van der Waals surface area contributed by atoms with Crippen LogP contribution in [-0.4, -0.2) is 78.0 Å². The van der Waals surface area contributed by atoms with Crippen molar-refractivity contribution in [3.63, 3.8) is 0 Å². The number of nitrogens with zero attached hydrogens (tertiary/aromatic N) is 4. The summed E-state index contributed by atoms with van der Waals surface area (Å²) < 4.78 is 21.4. The number of rotatable bonds is 14. The lowest BCUT2D eigenvalue weighted by atomic mass is 9.98. The first-order chi connectivity index (χ1) is 27.7. The predicted octanol–water partition coefficient (Wildman–Crippen LogP) is 8.88. The first-order valence-electron chi connectivity index (χ1n) is 19.3. The molecule has 1 unspecified atom stereocenters. The zero-order valence-electron chi connectivity index (χ0n) is 34.7. The molecule has 1 amide bonds. The summed E-state index contributed by atoms with van der Waals surface area (Å²) in [5.41, 5.74) is 4.29. The van der Waals surface area contributed by atoms with Gasteiger partial charge in [0, 0.05) is 41.8 Å². The van der Waals surface area contributed by atoms with Crippen LogP contribution in [0.1, 0.15) is 82.2 Å². The molecule has 0 aliphatic carbocycles. The highest BCUT2D eigenvalue weighted by Gasteiger charge is 2.36. The number of hydrogen-bond donors (Lipinski definition) is 0. The number of hydrogen-bond acceptors (Lipinski definition) is 10. The van der Waals surface area contributed by atoms with Crippen molar-refractivity contribution in [3.05, 3.63) is 161 Å². The van der Waals surface area contributed by atoms with Gasteiger partial charge >= 0.3 is 18.0 Å². The molecule has 0 saturated heterocycles. The SMILES string of the molecule is CCOC(=O)C(Cc1cc(C(C)(C)N(C)C(=O)OC(C)(C)C)no1)N=C(c1ccccc1)c1ccccc1.CCOC(=O)CN=C(c1ccccc1)c1ccccc1. The molecule has 0 spiro atoms. The van der Waals surface area contributed by atoms with Crippen LogP contribution in [0.2, 0.25) is 0 Å². The Kier molecular flexibility index (Phi) is 16.2. The summed E-state index contributed by atoms with van der Waals surface area (Å²) in [6, 6.07) is 39.9. The topological polar surface area (TPSA) is 133 Å². The number of carbonyl (C=O) groups is 3. The number of aromatic nitrogens is 1. The molecule has 0 aliphatic heterocycles. The summed E-state index contributed by atoms with van der Waals surface area (Å²) in [5.74, 6) is -0.315. The molecular weight excluding hydrogens is 733 g/mol. The van der Waals surface area contributed by atoms with E-state index in [-0.39, 0.29) is 25.5 Å². The lowest BCUT2D eigenvalue weighted by molar-refractivity contribution is -0.144. The smallest absolute Gasteiger partial charge is 0.410 e. The largest absolute Gasteiger partial charge is 0.465 e. The first-order valence-corrected chi connectivity index (χ1v) is 19.3. The van der Waals surface area contributed by atoms with E-state index in [9.17, 15) is 14.4 Å².